The second-order valence-electron chi connectivity index (χ2n) is 3.65. The van der Waals surface area contributed by atoms with Crippen molar-refractivity contribution in [2.24, 2.45) is 7.05 Å². The summed E-state index contributed by atoms with van der Waals surface area (Å²) in [6.45, 7) is 4.08. The molecule has 0 bridgehead atoms. The van der Waals surface area contributed by atoms with Crippen molar-refractivity contribution in [3.05, 3.63) is 15.9 Å². The van der Waals surface area contributed by atoms with E-state index in [1.807, 2.05) is 14.0 Å². The Balaban J connectivity index is 2.85. The Morgan fingerprint density at radius 1 is 1.47 bits per heavy atom. The van der Waals surface area contributed by atoms with Crippen LogP contribution in [-0.4, -0.2) is 15.6 Å². The quantitative estimate of drug-likeness (QED) is 0.826. The summed E-state index contributed by atoms with van der Waals surface area (Å²) >= 11 is 3.51. The summed E-state index contributed by atoms with van der Waals surface area (Å²) in [7, 11) is 1.89. The van der Waals surface area contributed by atoms with E-state index in [1.54, 1.807) is 4.68 Å². The molecule has 4 heteroatoms. The van der Waals surface area contributed by atoms with Crippen LogP contribution in [0.5, 0.6) is 0 Å². The Hall–Kier alpha value is -0.640. The van der Waals surface area contributed by atoms with Gasteiger partial charge >= 0.3 is 0 Å². The van der Waals surface area contributed by atoms with E-state index < -0.39 is 0 Å². The van der Waals surface area contributed by atoms with Crippen LogP contribution in [0.4, 0.5) is 0 Å². The topological polar surface area (TPSA) is 34.9 Å². The largest absolute Gasteiger partial charge is 0.299 e. The van der Waals surface area contributed by atoms with Crippen molar-refractivity contribution in [2.45, 2.75) is 39.5 Å². The summed E-state index contributed by atoms with van der Waals surface area (Å²) < 4.78 is 2.80. The van der Waals surface area contributed by atoms with Gasteiger partial charge in [-0.2, -0.15) is 5.10 Å². The molecule has 0 spiro atoms. The second-order valence-corrected chi connectivity index (χ2v) is 4.44. The number of nitrogens with zero attached hydrogens (tertiary/aromatic N) is 2. The molecule has 0 saturated heterocycles. The summed E-state index contributed by atoms with van der Waals surface area (Å²) in [6.07, 6.45) is 2.93. The molecule has 3 nitrogen and oxygen atoms in total. The number of ketones is 1. The third-order valence-electron chi connectivity index (χ3n) is 2.40. The fraction of sp³-hybridized carbons (Fsp3) is 0.636. The van der Waals surface area contributed by atoms with Gasteiger partial charge in [0.25, 0.3) is 0 Å². The highest BCUT2D eigenvalue weighted by Gasteiger charge is 2.14. The van der Waals surface area contributed by atoms with Gasteiger partial charge in [0.05, 0.1) is 15.9 Å². The average molecular weight is 273 g/mol. The van der Waals surface area contributed by atoms with Crippen LogP contribution < -0.4 is 0 Å². The Morgan fingerprint density at radius 3 is 2.60 bits per heavy atom. The van der Waals surface area contributed by atoms with Crippen LogP contribution in [0.2, 0.25) is 0 Å². The maximum Gasteiger partial charge on any atom is 0.138 e. The highest BCUT2D eigenvalue weighted by Crippen LogP contribution is 2.22. The lowest BCUT2D eigenvalue weighted by Crippen LogP contribution is -2.07. The van der Waals surface area contributed by atoms with Crippen LogP contribution in [0.15, 0.2) is 4.47 Å². The molecule has 0 atom stereocenters. The number of Topliss-reactive ketones (excluding diaryl/α,β-unsaturated/α-hetero) is 1. The molecule has 84 valence electrons. The third-order valence-corrected chi connectivity index (χ3v) is 3.31. The first-order valence-electron chi connectivity index (χ1n) is 5.32. The molecular weight excluding hydrogens is 256 g/mol. The van der Waals surface area contributed by atoms with E-state index in [0.29, 0.717) is 12.8 Å². The number of hydrogen-bond donors (Lipinski definition) is 0. The van der Waals surface area contributed by atoms with E-state index >= 15 is 0 Å². The fourth-order valence-electron chi connectivity index (χ4n) is 1.57. The predicted molar refractivity (Wildman–Crippen MR) is 63.9 cm³/mol. The van der Waals surface area contributed by atoms with Gasteiger partial charge in [-0.05, 0) is 28.8 Å². The molecule has 1 aromatic heterocycles. The number of hydrogen-bond acceptors (Lipinski definition) is 2. The van der Waals surface area contributed by atoms with Crippen LogP contribution in [0.3, 0.4) is 0 Å². The van der Waals surface area contributed by atoms with Crippen molar-refractivity contribution in [1.29, 1.82) is 0 Å². The lowest BCUT2D eigenvalue weighted by atomic mass is 10.1. The molecule has 15 heavy (non-hydrogen) atoms. The van der Waals surface area contributed by atoms with Gasteiger partial charge in [-0.1, -0.05) is 13.8 Å². The Morgan fingerprint density at radius 2 is 2.13 bits per heavy atom. The number of rotatable bonds is 5. The van der Waals surface area contributed by atoms with Gasteiger partial charge in [-0.3, -0.25) is 9.48 Å². The molecule has 0 fully saturated rings. The zero-order valence-corrected chi connectivity index (χ0v) is 11.1. The highest BCUT2D eigenvalue weighted by molar-refractivity contribution is 9.10. The Labute approximate surface area is 99.0 Å². The zero-order chi connectivity index (χ0) is 11.4. The average Bonchev–Trinajstić information content (AvgIpc) is 2.45. The maximum atomic E-state index is 11.6. The lowest BCUT2D eigenvalue weighted by molar-refractivity contribution is -0.118. The van der Waals surface area contributed by atoms with Crippen molar-refractivity contribution in [3.8, 4) is 0 Å². The zero-order valence-electron chi connectivity index (χ0n) is 9.51. The maximum absolute atomic E-state index is 11.6. The fourth-order valence-corrected chi connectivity index (χ4v) is 2.32. The van der Waals surface area contributed by atoms with Crippen molar-refractivity contribution in [3.63, 3.8) is 0 Å². The number of aryl methyl sites for hydroxylation is 2. The SMILES string of the molecule is CCCC(=O)Cc1c(Br)c(CC)nn1C. The van der Waals surface area contributed by atoms with E-state index in [0.717, 1.165) is 28.7 Å². The van der Waals surface area contributed by atoms with E-state index in [2.05, 4.69) is 28.0 Å². The smallest absolute Gasteiger partial charge is 0.138 e. The minimum Gasteiger partial charge on any atom is -0.299 e. The second kappa shape index (κ2) is 5.45. The molecule has 1 aromatic rings. The molecule has 0 saturated carbocycles. The molecule has 0 aliphatic heterocycles. The minimum atomic E-state index is 0.281. The van der Waals surface area contributed by atoms with Crippen LogP contribution >= 0.6 is 15.9 Å². The molecule has 0 radical (unpaired) electrons. The van der Waals surface area contributed by atoms with E-state index in [-0.39, 0.29) is 5.78 Å². The number of carbonyl (C=O) groups excluding carboxylic acids is 1. The van der Waals surface area contributed by atoms with Gasteiger partial charge < -0.3 is 0 Å². The normalized spacial score (nSPS) is 10.7. The summed E-state index contributed by atoms with van der Waals surface area (Å²) in [5, 5.41) is 4.36. The molecule has 1 heterocycles. The van der Waals surface area contributed by atoms with Gasteiger partial charge in [0.15, 0.2) is 0 Å². The van der Waals surface area contributed by atoms with Crippen LogP contribution in [-0.2, 0) is 24.7 Å². The monoisotopic (exact) mass is 272 g/mol. The minimum absolute atomic E-state index is 0.281. The molecule has 0 amide bonds. The number of halogens is 1. The molecule has 1 rings (SSSR count). The molecular formula is C11H17BrN2O. The van der Waals surface area contributed by atoms with E-state index in [4.69, 9.17) is 0 Å². The van der Waals surface area contributed by atoms with Gasteiger partial charge in [-0.15, -0.1) is 0 Å². The van der Waals surface area contributed by atoms with E-state index in [9.17, 15) is 4.79 Å². The Bertz CT molecular complexity index is 358. The molecule has 0 aliphatic carbocycles. The lowest BCUT2D eigenvalue weighted by Gasteiger charge is -2.01. The van der Waals surface area contributed by atoms with Gasteiger partial charge in [0, 0.05) is 19.9 Å². The van der Waals surface area contributed by atoms with Gasteiger partial charge in [0.1, 0.15) is 5.78 Å². The molecule has 0 aromatic carbocycles. The highest BCUT2D eigenvalue weighted by atomic mass is 79.9. The first kappa shape index (κ1) is 12.4. The van der Waals surface area contributed by atoms with Crippen molar-refractivity contribution in [2.75, 3.05) is 0 Å². The van der Waals surface area contributed by atoms with Crippen LogP contribution in [0, 0.1) is 0 Å². The summed E-state index contributed by atoms with van der Waals surface area (Å²) in [5.74, 6) is 0.281. The van der Waals surface area contributed by atoms with Gasteiger partial charge in [0.2, 0.25) is 0 Å². The summed E-state index contributed by atoms with van der Waals surface area (Å²) in [4.78, 5) is 11.6. The molecule has 0 aliphatic rings. The number of carbonyl (C=O) groups is 1. The molecule has 0 N–H and O–H groups in total. The van der Waals surface area contributed by atoms with Gasteiger partial charge in [-0.25, -0.2) is 0 Å². The molecule has 0 unspecified atom stereocenters. The van der Waals surface area contributed by atoms with Crippen molar-refractivity contribution >= 4 is 21.7 Å². The van der Waals surface area contributed by atoms with Crippen molar-refractivity contribution in [1.82, 2.24) is 9.78 Å². The standard InChI is InChI=1S/C11H17BrN2O/c1-4-6-8(15)7-10-11(12)9(5-2)13-14(10)3/h4-7H2,1-3H3. The van der Waals surface area contributed by atoms with E-state index in [1.165, 1.54) is 0 Å². The first-order chi connectivity index (χ1) is 7.10. The number of aromatic nitrogens is 2. The van der Waals surface area contributed by atoms with Crippen LogP contribution in [0.1, 0.15) is 38.1 Å². The summed E-state index contributed by atoms with van der Waals surface area (Å²) in [6, 6.07) is 0. The summed E-state index contributed by atoms with van der Waals surface area (Å²) in [5.41, 5.74) is 2.02. The van der Waals surface area contributed by atoms with Crippen LogP contribution in [0.25, 0.3) is 0 Å². The third kappa shape index (κ3) is 2.91. The first-order valence-corrected chi connectivity index (χ1v) is 6.11. The predicted octanol–water partition coefficient (Wildman–Crippen LogP) is 2.66. The van der Waals surface area contributed by atoms with Crippen molar-refractivity contribution < 1.29 is 4.79 Å². The Kier molecular flexibility index (Phi) is 4.51.